The molecule has 9 heteroatoms. The number of carbonyl (C=O) groups is 1. The van der Waals surface area contributed by atoms with Crippen molar-refractivity contribution in [1.29, 1.82) is 0 Å². The zero-order valence-corrected chi connectivity index (χ0v) is 23.4. The summed E-state index contributed by atoms with van der Waals surface area (Å²) >= 11 is 0. The van der Waals surface area contributed by atoms with Gasteiger partial charge in [0, 0.05) is 62.7 Å². The third-order valence-corrected chi connectivity index (χ3v) is 7.74. The van der Waals surface area contributed by atoms with Crippen molar-refractivity contribution in [2.24, 2.45) is 32.9 Å². The summed E-state index contributed by atoms with van der Waals surface area (Å²) in [6.45, 7) is 13.2. The summed E-state index contributed by atoms with van der Waals surface area (Å²) in [5, 5.41) is 8.19. The molecule has 1 amide bonds. The molecule has 0 N–H and O–H groups in total. The lowest BCUT2D eigenvalue weighted by Crippen LogP contribution is -2.44. The molecule has 0 spiro atoms. The number of rotatable bonds is 6. The molecule has 1 aromatic carbocycles. The number of hydrogen-bond acceptors (Lipinski definition) is 6. The molecule has 1 saturated carbocycles. The first-order chi connectivity index (χ1) is 18.7. The monoisotopic (exact) mass is 534 g/mol. The summed E-state index contributed by atoms with van der Waals surface area (Å²) in [6.07, 6.45) is 11.9. The Labute approximate surface area is 230 Å². The number of benzene rings is 1. The van der Waals surface area contributed by atoms with E-state index in [9.17, 15) is 9.18 Å². The first-order valence-corrected chi connectivity index (χ1v) is 14.0. The molecule has 1 aliphatic carbocycles. The lowest BCUT2D eigenvalue weighted by Gasteiger charge is -2.36. The number of halogens is 1. The molecule has 5 rings (SSSR count). The van der Waals surface area contributed by atoms with Gasteiger partial charge >= 0.3 is 6.09 Å². The van der Waals surface area contributed by atoms with E-state index in [4.69, 9.17) is 4.74 Å². The highest BCUT2D eigenvalue weighted by atomic mass is 19.1. The van der Waals surface area contributed by atoms with E-state index in [1.807, 2.05) is 51.1 Å². The molecule has 3 aliphatic heterocycles. The van der Waals surface area contributed by atoms with Crippen LogP contribution in [-0.4, -0.2) is 61.0 Å². The summed E-state index contributed by atoms with van der Waals surface area (Å²) < 4.78 is 20.4. The van der Waals surface area contributed by atoms with Crippen molar-refractivity contribution in [3.05, 3.63) is 48.1 Å². The number of ether oxygens (including phenoxy) is 1. The van der Waals surface area contributed by atoms with Crippen LogP contribution in [0.1, 0.15) is 53.4 Å². The Morgan fingerprint density at radius 3 is 2.77 bits per heavy atom. The van der Waals surface area contributed by atoms with Crippen LogP contribution in [0.5, 0.6) is 0 Å². The molecular formula is C30H39FN6O2. The smallest absolute Gasteiger partial charge is 0.410 e. The highest BCUT2D eigenvalue weighted by Gasteiger charge is 2.41. The molecule has 3 unspecified atom stereocenters. The highest BCUT2D eigenvalue weighted by molar-refractivity contribution is 6.03. The molecule has 1 aromatic rings. The van der Waals surface area contributed by atoms with Gasteiger partial charge in [-0.05, 0) is 77.2 Å². The van der Waals surface area contributed by atoms with Gasteiger partial charge in [-0.15, -0.1) is 5.10 Å². The van der Waals surface area contributed by atoms with Crippen LogP contribution in [0.4, 0.5) is 20.6 Å². The van der Waals surface area contributed by atoms with Crippen LogP contribution in [0.2, 0.25) is 0 Å². The second-order valence-corrected chi connectivity index (χ2v) is 11.7. The summed E-state index contributed by atoms with van der Waals surface area (Å²) in [6, 6.07) is 4.90. The molecule has 8 nitrogen and oxygen atoms in total. The first-order valence-electron chi connectivity index (χ1n) is 14.0. The average molecular weight is 535 g/mol. The van der Waals surface area contributed by atoms with Crippen molar-refractivity contribution in [3.8, 4) is 0 Å². The maximum Gasteiger partial charge on any atom is 0.410 e. The zero-order chi connectivity index (χ0) is 27.7. The fourth-order valence-corrected chi connectivity index (χ4v) is 5.88. The third-order valence-electron chi connectivity index (χ3n) is 7.74. The number of aliphatic imine (C=N–C) groups is 1. The minimum atomic E-state index is -0.533. The van der Waals surface area contributed by atoms with E-state index in [0.29, 0.717) is 25.6 Å². The van der Waals surface area contributed by atoms with E-state index in [1.54, 1.807) is 6.07 Å². The maximum atomic E-state index is 14.7. The second kappa shape index (κ2) is 10.9. The van der Waals surface area contributed by atoms with E-state index in [0.717, 1.165) is 42.9 Å². The van der Waals surface area contributed by atoms with Crippen LogP contribution in [0.15, 0.2) is 57.4 Å². The van der Waals surface area contributed by atoms with Gasteiger partial charge in [0.15, 0.2) is 0 Å². The Bertz CT molecular complexity index is 1230. The SMILES string of the molecule is C=N/N=C(/C1CC1)N(CC)c1cc(F)ccc1N1C=C(C2CCCN(C(=O)OC(C)(C)C)C2)C2C=CN=CC21. The number of piperidine rings is 1. The Morgan fingerprint density at radius 2 is 2.08 bits per heavy atom. The van der Waals surface area contributed by atoms with Crippen molar-refractivity contribution in [2.75, 3.05) is 29.4 Å². The van der Waals surface area contributed by atoms with Crippen LogP contribution in [0, 0.1) is 23.6 Å². The molecule has 3 heterocycles. The van der Waals surface area contributed by atoms with E-state index in [1.165, 1.54) is 11.6 Å². The molecule has 1 saturated heterocycles. The van der Waals surface area contributed by atoms with Crippen LogP contribution < -0.4 is 9.80 Å². The molecule has 0 bridgehead atoms. The van der Waals surface area contributed by atoms with E-state index < -0.39 is 5.60 Å². The van der Waals surface area contributed by atoms with E-state index >= 15 is 0 Å². The number of fused-ring (bicyclic) bond motifs is 1. The second-order valence-electron chi connectivity index (χ2n) is 11.7. The number of carbonyl (C=O) groups excluding carboxylic acids is 1. The van der Waals surface area contributed by atoms with Crippen molar-refractivity contribution >= 4 is 36.2 Å². The number of amidine groups is 1. The topological polar surface area (TPSA) is 73.1 Å². The quantitative estimate of drug-likeness (QED) is 0.255. The Kier molecular flexibility index (Phi) is 7.60. The van der Waals surface area contributed by atoms with Gasteiger partial charge in [-0.3, -0.25) is 4.99 Å². The standard InChI is InChI=1S/C30H39FN6O2/c1-6-36(28(34-32-5)20-9-10-20)26-16-22(31)11-12-25(26)37-19-24(23-13-14-33-17-27(23)37)21-8-7-15-35(18-21)29(38)39-30(2,3)4/h11-14,16-17,19-21,23,27H,5-10,15,18H2,1-4H3/b34-28-. The number of likely N-dealkylation sites (tertiary alicyclic amines) is 1. The molecule has 2 fully saturated rings. The molecule has 208 valence electrons. The van der Waals surface area contributed by atoms with Gasteiger partial charge in [0.05, 0.1) is 17.4 Å². The number of nitrogens with zero attached hydrogens (tertiary/aromatic N) is 6. The predicted molar refractivity (Wildman–Crippen MR) is 155 cm³/mol. The van der Waals surface area contributed by atoms with Gasteiger partial charge in [0.2, 0.25) is 0 Å². The predicted octanol–water partition coefficient (Wildman–Crippen LogP) is 6.01. The van der Waals surface area contributed by atoms with Gasteiger partial charge in [-0.25, -0.2) is 9.18 Å². The normalized spacial score (nSPS) is 24.9. The number of amides is 1. The summed E-state index contributed by atoms with van der Waals surface area (Å²) in [5.74, 6) is 1.15. The Balaban J connectivity index is 1.49. The van der Waals surface area contributed by atoms with Crippen molar-refractivity contribution in [2.45, 2.75) is 65.0 Å². The fourth-order valence-electron chi connectivity index (χ4n) is 5.88. The molecule has 39 heavy (non-hydrogen) atoms. The summed E-state index contributed by atoms with van der Waals surface area (Å²) in [7, 11) is 0. The van der Waals surface area contributed by atoms with Crippen molar-refractivity contribution in [3.63, 3.8) is 0 Å². The molecule has 3 atom stereocenters. The van der Waals surface area contributed by atoms with Crippen LogP contribution in [-0.2, 0) is 4.74 Å². The summed E-state index contributed by atoms with van der Waals surface area (Å²) in [4.78, 5) is 23.5. The highest BCUT2D eigenvalue weighted by Crippen LogP contribution is 2.44. The number of hydrogen-bond donors (Lipinski definition) is 0. The molecule has 4 aliphatic rings. The van der Waals surface area contributed by atoms with Crippen LogP contribution in [0.25, 0.3) is 0 Å². The Hall–Kier alpha value is -3.49. The minimum absolute atomic E-state index is 0.0383. The summed E-state index contributed by atoms with van der Waals surface area (Å²) in [5.41, 5.74) is 2.37. The van der Waals surface area contributed by atoms with Gasteiger partial charge in [0.25, 0.3) is 0 Å². The van der Waals surface area contributed by atoms with Gasteiger partial charge in [-0.1, -0.05) is 6.08 Å². The van der Waals surface area contributed by atoms with Crippen LogP contribution >= 0.6 is 0 Å². The lowest BCUT2D eigenvalue weighted by molar-refractivity contribution is 0.0180. The lowest BCUT2D eigenvalue weighted by atomic mass is 9.81. The first kappa shape index (κ1) is 27.1. The maximum absolute atomic E-state index is 14.7. The largest absolute Gasteiger partial charge is 0.444 e. The fraction of sp³-hybridized carbons (Fsp3) is 0.533. The number of anilines is 2. The van der Waals surface area contributed by atoms with Crippen molar-refractivity contribution < 1.29 is 13.9 Å². The van der Waals surface area contributed by atoms with Gasteiger partial charge < -0.3 is 19.4 Å². The zero-order valence-electron chi connectivity index (χ0n) is 23.4. The Morgan fingerprint density at radius 1 is 1.28 bits per heavy atom. The van der Waals surface area contributed by atoms with Gasteiger partial charge in [-0.2, -0.15) is 5.10 Å². The molecular weight excluding hydrogens is 495 g/mol. The molecule has 0 radical (unpaired) electrons. The van der Waals surface area contributed by atoms with Crippen molar-refractivity contribution in [1.82, 2.24) is 4.90 Å². The third kappa shape index (κ3) is 5.77. The molecule has 0 aromatic heterocycles. The van der Waals surface area contributed by atoms with Gasteiger partial charge in [0.1, 0.15) is 17.3 Å². The minimum Gasteiger partial charge on any atom is -0.444 e. The van der Waals surface area contributed by atoms with E-state index in [-0.39, 0.29) is 29.8 Å². The van der Waals surface area contributed by atoms with E-state index in [2.05, 4.69) is 44.0 Å². The van der Waals surface area contributed by atoms with Crippen LogP contribution in [0.3, 0.4) is 0 Å². The average Bonchev–Trinajstić information content (AvgIpc) is 3.68.